The Morgan fingerprint density at radius 2 is 0.504 bits per heavy atom. The van der Waals surface area contributed by atoms with Crippen molar-refractivity contribution in [2.45, 2.75) is 550 Å². The molecule has 10 rings (SSSR count). The van der Waals surface area contributed by atoms with E-state index in [4.69, 9.17) is 9.47 Å². The van der Waals surface area contributed by atoms with Crippen LogP contribution in [0.3, 0.4) is 0 Å². The quantitative estimate of drug-likeness (QED) is 0.246. The lowest BCUT2D eigenvalue weighted by atomic mass is 9.49. The van der Waals surface area contributed by atoms with E-state index in [0.717, 1.165) is 39.4 Å². The third kappa shape index (κ3) is 31.9. The van der Waals surface area contributed by atoms with Crippen molar-refractivity contribution in [3.63, 3.8) is 0 Å². The Balaban J connectivity index is 0.000000772. The largest absolute Gasteiger partial charge is 0.381 e. The number of hydrogen-bond donors (Lipinski definition) is 2. The van der Waals surface area contributed by atoms with Gasteiger partial charge in [0, 0.05) is 43.6 Å². The Hall–Kier alpha value is -0.0400. The van der Waals surface area contributed by atoms with Gasteiger partial charge < -0.3 is 25.0 Å². The van der Waals surface area contributed by atoms with Gasteiger partial charge in [0.25, 0.3) is 0 Å². The van der Waals surface area contributed by atoms with E-state index in [1.165, 1.54) is 171 Å². The van der Waals surface area contributed by atoms with Crippen LogP contribution < -0.4 is 10.6 Å². The number of rotatable bonds is 0. The first-order valence-electron chi connectivity index (χ1n) is 57.2. The molecule has 832 valence electrons. The van der Waals surface area contributed by atoms with Crippen LogP contribution in [0.4, 0.5) is 0 Å². The number of carbonyl (C=O) groups is 1. The molecule has 2 saturated carbocycles. The number of nitrogens with zero attached hydrogens (tertiary/aromatic N) is 1. The lowest BCUT2D eigenvalue weighted by Gasteiger charge is -2.57. The van der Waals surface area contributed by atoms with Gasteiger partial charge in [0.2, 0.25) is 5.91 Å². The Bertz CT molecular complexity index is 3250. The van der Waals surface area contributed by atoms with E-state index < -0.39 is 9.84 Å². The van der Waals surface area contributed by atoms with Crippen LogP contribution in [0.15, 0.2) is 0 Å². The zero-order valence-corrected chi connectivity index (χ0v) is 109. The molecule has 0 atom stereocenters. The molecular formula is C128H257N3O5S3. The van der Waals surface area contributed by atoms with Crippen LogP contribution in [0.25, 0.3) is 0 Å². The summed E-state index contributed by atoms with van der Waals surface area (Å²) in [7, 11) is -0.575. The maximum atomic E-state index is 11.7. The van der Waals surface area contributed by atoms with Gasteiger partial charge in [-0.15, -0.1) is 0 Å². The molecule has 11 heteroatoms. The molecule has 0 aromatic carbocycles. The van der Waals surface area contributed by atoms with Gasteiger partial charge in [-0.1, -0.05) is 448 Å². The smallest absolute Gasteiger partial charge is 0.220 e. The molecule has 10 fully saturated rings. The Morgan fingerprint density at radius 1 is 0.259 bits per heavy atom. The number of sulfone groups is 1. The average molecular weight is 2010 g/mol. The van der Waals surface area contributed by atoms with E-state index in [1.807, 2.05) is 0 Å². The number of thioether (sulfide) groups is 2. The van der Waals surface area contributed by atoms with Crippen LogP contribution >= 0.6 is 23.5 Å². The molecule has 139 heavy (non-hydrogen) atoms. The summed E-state index contributed by atoms with van der Waals surface area (Å²) in [5.74, 6) is 6.34. The number of nitrogens with one attached hydrogen (secondary N) is 2. The van der Waals surface area contributed by atoms with Crippen molar-refractivity contribution in [2.75, 3.05) is 101 Å². The third-order valence-corrected chi connectivity index (χ3v) is 46.4. The van der Waals surface area contributed by atoms with Gasteiger partial charge in [-0.2, -0.15) is 23.5 Å². The van der Waals surface area contributed by atoms with Crippen LogP contribution in [-0.2, 0) is 24.1 Å². The second kappa shape index (κ2) is 47.3. The normalized spacial score (nSPS) is 23.7. The summed E-state index contributed by atoms with van der Waals surface area (Å²) in [4.78, 5) is 13.9. The van der Waals surface area contributed by atoms with Crippen molar-refractivity contribution in [1.82, 2.24) is 15.5 Å². The van der Waals surface area contributed by atoms with Gasteiger partial charge >= 0.3 is 0 Å². The molecule has 0 spiro atoms. The molecule has 0 aromatic rings. The molecule has 0 radical (unpaired) electrons. The topological polar surface area (TPSA) is 97.0 Å². The minimum Gasteiger partial charge on any atom is -0.381 e. The Labute approximate surface area is 884 Å². The standard InChI is InChI=1S/C14H29N.C14H28.C13H27N.C13H26O.C13H26S.C13H26.C12H23NO.C12H24O2S.C12H24O.C12H24S/c1-12(2,3)14(13(4,5)6)8-10-15(7)11-9-14;1-12(2,3)14(13(4,5)6)10-8-7-9-11-14;2*1-11(2,3)13(12(4,5)6)7-9-14-10-8-13;1-11(2,3)13(12(4,5)6)8-7-9-14-10-13;1-11(2,3)13(12(4,5)6)9-7-8-10-13;1-10(2,3)12(11(4,5)6)7-9(14)13-8-12;1-10(2,3)12(11(4,5)6)7-8-15(13,14)9-12;2*1-10(2,3)12(11(4,5)6)7-8-13-9-12/h8-11H2,1-7H3;7-11H2,1-6H3;14H,7-10H2,1-6H3;2*7-10H2,1-6H3;7-10H2,1-6H3;7-8H2,1-6H3,(H,13,14);7-9H2,1-6H3;2*7-9H2,1-6H3. The highest BCUT2D eigenvalue weighted by Crippen LogP contribution is 2.67. The molecule has 0 bridgehead atoms. The number of amides is 1. The van der Waals surface area contributed by atoms with E-state index in [2.05, 4.69) is 462 Å². The molecule has 0 aromatic heterocycles. The van der Waals surface area contributed by atoms with Crippen molar-refractivity contribution in [2.24, 2.45) is 162 Å². The van der Waals surface area contributed by atoms with Crippen molar-refractivity contribution >= 4 is 39.3 Å². The van der Waals surface area contributed by atoms with E-state index >= 15 is 0 Å². The molecule has 2 aliphatic carbocycles. The highest BCUT2D eigenvalue weighted by Gasteiger charge is 2.62. The summed E-state index contributed by atoms with van der Waals surface area (Å²) in [5, 5.41) is 6.47. The predicted molar refractivity (Wildman–Crippen MR) is 629 cm³/mol. The highest BCUT2D eigenvalue weighted by molar-refractivity contribution is 7.99. The Kier molecular flexibility index (Phi) is 46.6. The molecule has 1 amide bonds. The second-order valence-corrected chi connectivity index (χ2v) is 72.2. The van der Waals surface area contributed by atoms with Crippen molar-refractivity contribution < 1.29 is 22.7 Å². The van der Waals surface area contributed by atoms with Crippen LogP contribution in [0.2, 0.25) is 0 Å². The molecule has 8 heterocycles. The highest BCUT2D eigenvalue weighted by atomic mass is 32.2. The van der Waals surface area contributed by atoms with Gasteiger partial charge in [0.1, 0.15) is 0 Å². The molecular weight excluding hydrogens is 1760 g/mol. The number of carbonyl (C=O) groups excluding carboxylic acids is 1. The van der Waals surface area contributed by atoms with Gasteiger partial charge in [0.15, 0.2) is 9.84 Å². The maximum absolute atomic E-state index is 11.7. The molecule has 10 aliphatic rings. The summed E-state index contributed by atoms with van der Waals surface area (Å²) >= 11 is 4.29. The first kappa shape index (κ1) is 137. The number of piperidine rings is 2. The zero-order chi connectivity index (χ0) is 110. The van der Waals surface area contributed by atoms with Gasteiger partial charge in [-0.3, -0.25) is 4.79 Å². The first-order valence-corrected chi connectivity index (χ1v) is 61.4. The monoisotopic (exact) mass is 2010 g/mol. The molecule has 2 N–H and O–H groups in total. The SMILES string of the molecule is CC(C)(C)C1(C(C)(C)C)CCCC1.CC(C)(C)C1(C(C)(C)C)CCCCC1.CC(C)(C)C1(C(C)(C)C)CCCSC1.CC(C)(C)C1(C(C)(C)C)CCNCC1.CC(C)(C)C1(C(C)(C)C)CCOC1.CC(C)(C)C1(C(C)(C)C)CCOCC1.CC(C)(C)C1(C(C)(C)C)CCS(=O)(=O)C1.CC(C)(C)C1(C(C)(C)C)CCSC1.CC(C)(C)C1(C(C)(C)C)CNC(=O)C1.CN1CCC(C(C)(C)C)(C(C)(C)C)CC1. The van der Waals surface area contributed by atoms with Crippen molar-refractivity contribution in [3.05, 3.63) is 0 Å². The summed E-state index contributed by atoms with van der Waals surface area (Å²) < 4.78 is 34.6. The average Bonchev–Trinajstić information content (AvgIpc) is 1.69. The van der Waals surface area contributed by atoms with E-state index in [1.54, 1.807) is 0 Å². The van der Waals surface area contributed by atoms with Gasteiger partial charge in [-0.05, 0) is 304 Å². The number of likely N-dealkylation sites (tertiary alicyclic amines) is 1. The van der Waals surface area contributed by atoms with Gasteiger partial charge in [0.05, 0.1) is 18.1 Å². The van der Waals surface area contributed by atoms with Crippen LogP contribution in [0.1, 0.15) is 550 Å². The van der Waals surface area contributed by atoms with Gasteiger partial charge in [-0.25, -0.2) is 8.42 Å². The summed E-state index contributed by atoms with van der Waals surface area (Å²) in [6.45, 7) is 151. The van der Waals surface area contributed by atoms with Crippen molar-refractivity contribution in [1.29, 1.82) is 0 Å². The van der Waals surface area contributed by atoms with Crippen molar-refractivity contribution in [3.8, 4) is 0 Å². The van der Waals surface area contributed by atoms with Crippen LogP contribution in [0.5, 0.6) is 0 Å². The fraction of sp³-hybridized carbons (Fsp3) is 0.992. The van der Waals surface area contributed by atoms with E-state index in [0.29, 0.717) is 148 Å². The summed E-state index contributed by atoms with van der Waals surface area (Å²) in [6, 6.07) is 0. The van der Waals surface area contributed by atoms with E-state index in [-0.39, 0.29) is 38.4 Å². The second-order valence-electron chi connectivity index (χ2n) is 67.8. The predicted octanol–water partition coefficient (Wildman–Crippen LogP) is 38.5. The first-order chi connectivity index (χ1) is 61.1. The molecule has 0 unspecified atom stereocenters. The lowest BCUT2D eigenvalue weighted by Crippen LogP contribution is -2.52. The minimum absolute atomic E-state index is 0.0365. The number of hydrogen-bond acceptors (Lipinski definition) is 9. The van der Waals surface area contributed by atoms with Crippen LogP contribution in [-0.4, -0.2) is 120 Å². The Morgan fingerprint density at radius 3 is 0.683 bits per heavy atom. The fourth-order valence-electron chi connectivity index (χ4n) is 32.7. The lowest BCUT2D eigenvalue weighted by molar-refractivity contribution is -0.121. The van der Waals surface area contributed by atoms with Crippen LogP contribution in [0, 0.1) is 162 Å². The number of ether oxygens (including phenoxy) is 2. The molecule has 8 saturated heterocycles. The maximum Gasteiger partial charge on any atom is 0.220 e. The minimum atomic E-state index is -2.82. The third-order valence-electron chi connectivity index (χ3n) is 42.2. The fourth-order valence-corrected chi connectivity index (χ4v) is 39.1. The summed E-state index contributed by atoms with van der Waals surface area (Å²) in [5.41, 5.74) is 10.9. The molecule has 8 aliphatic heterocycles. The van der Waals surface area contributed by atoms with E-state index in [9.17, 15) is 13.2 Å². The molecule has 8 nitrogen and oxygen atoms in total. The zero-order valence-electron chi connectivity index (χ0n) is 107. The summed E-state index contributed by atoms with van der Waals surface area (Å²) in [6.07, 6.45) is 27.6.